The number of pyridine rings is 1. The van der Waals surface area contributed by atoms with Gasteiger partial charge in [0.25, 0.3) is 0 Å². The molecule has 176 valence electrons. The van der Waals surface area contributed by atoms with Gasteiger partial charge in [0, 0.05) is 31.2 Å². The third kappa shape index (κ3) is 4.09. The lowest BCUT2D eigenvalue weighted by molar-refractivity contribution is 0.0644. The molecule has 3 fully saturated rings. The molecule has 33 heavy (non-hydrogen) atoms. The zero-order chi connectivity index (χ0) is 23.0. The average Bonchev–Trinajstić information content (AvgIpc) is 3.29. The molecule has 0 aliphatic carbocycles. The summed E-state index contributed by atoms with van der Waals surface area (Å²) in [7, 11) is 0. The topological polar surface area (TPSA) is 98.4 Å². The van der Waals surface area contributed by atoms with Crippen LogP contribution in [0.4, 0.5) is 10.2 Å². The number of ether oxygens (including phenoxy) is 1. The number of anilines is 1. The molecule has 0 radical (unpaired) electrons. The number of rotatable bonds is 5. The van der Waals surface area contributed by atoms with Gasteiger partial charge in [-0.1, -0.05) is 11.6 Å². The predicted octanol–water partition coefficient (Wildman–Crippen LogP) is 3.32. The Morgan fingerprint density at radius 2 is 2.09 bits per heavy atom. The number of halogens is 2. The lowest BCUT2D eigenvalue weighted by Crippen LogP contribution is -2.47. The monoisotopic (exact) mass is 474 g/mol. The molecule has 0 bridgehead atoms. The van der Waals surface area contributed by atoms with Crippen LogP contribution in [-0.4, -0.2) is 69.4 Å². The minimum absolute atomic E-state index is 0.0115. The fourth-order valence-corrected chi connectivity index (χ4v) is 5.89. The van der Waals surface area contributed by atoms with Crippen LogP contribution in [0.2, 0.25) is 5.15 Å². The molecule has 0 aromatic carbocycles. The fraction of sp³-hybridized carbons (Fsp3) is 0.652. The van der Waals surface area contributed by atoms with Crippen LogP contribution in [0.25, 0.3) is 10.9 Å². The van der Waals surface area contributed by atoms with Gasteiger partial charge in [-0.3, -0.25) is 4.90 Å². The van der Waals surface area contributed by atoms with E-state index in [0.717, 1.165) is 51.5 Å². The Morgan fingerprint density at radius 3 is 2.91 bits per heavy atom. The SMILES string of the molecule is N#CC1CCCN(c2nc(OC[C@@]34CCCN3[C@H](CO)CC4)nc3c(F)c(Cl)ncc23)CC1. The molecule has 1 N–H and O–H groups in total. The molecule has 3 aliphatic heterocycles. The summed E-state index contributed by atoms with van der Waals surface area (Å²) >= 11 is 5.96. The van der Waals surface area contributed by atoms with E-state index < -0.39 is 5.82 Å². The maximum absolute atomic E-state index is 14.9. The molecule has 2 aromatic heterocycles. The fourth-order valence-electron chi connectivity index (χ4n) is 5.75. The van der Waals surface area contributed by atoms with E-state index in [1.54, 1.807) is 0 Å². The Balaban J connectivity index is 1.47. The Bertz CT molecular complexity index is 1080. The quantitative estimate of drug-likeness (QED) is 0.659. The van der Waals surface area contributed by atoms with E-state index >= 15 is 0 Å². The zero-order valence-corrected chi connectivity index (χ0v) is 19.3. The van der Waals surface area contributed by atoms with Gasteiger partial charge in [0.05, 0.1) is 23.6 Å². The minimum Gasteiger partial charge on any atom is -0.461 e. The first-order valence-electron chi connectivity index (χ1n) is 11.7. The molecule has 8 nitrogen and oxygen atoms in total. The molecule has 5 heterocycles. The Hall–Kier alpha value is -2.28. The molecule has 5 rings (SSSR count). The summed E-state index contributed by atoms with van der Waals surface area (Å²) in [6.45, 7) is 2.84. The first-order chi connectivity index (χ1) is 16.0. The van der Waals surface area contributed by atoms with Gasteiger partial charge in [-0.2, -0.15) is 15.2 Å². The Morgan fingerprint density at radius 1 is 1.21 bits per heavy atom. The standard InChI is InChI=1S/C23H28ClFN6O2/c24-20-18(25)19-17(12-27-20)21(30-8-1-3-15(11-26)5-10-30)29-22(28-19)33-14-23-6-2-9-31(23)16(13-32)4-7-23/h12,15-16,32H,1-10,13-14H2/t15?,16-,23-/m0/s1. The van der Waals surface area contributed by atoms with E-state index in [1.807, 2.05) is 0 Å². The smallest absolute Gasteiger partial charge is 0.319 e. The maximum atomic E-state index is 14.9. The van der Waals surface area contributed by atoms with Crippen molar-refractivity contribution >= 4 is 28.3 Å². The van der Waals surface area contributed by atoms with Crippen molar-refractivity contribution < 1.29 is 14.2 Å². The third-order valence-electron chi connectivity index (χ3n) is 7.53. The van der Waals surface area contributed by atoms with Crippen LogP contribution in [0.1, 0.15) is 44.9 Å². The van der Waals surface area contributed by atoms with Gasteiger partial charge in [0.1, 0.15) is 17.9 Å². The lowest BCUT2D eigenvalue weighted by Gasteiger charge is -2.34. The van der Waals surface area contributed by atoms with E-state index in [-0.39, 0.29) is 40.8 Å². The molecule has 2 aromatic rings. The van der Waals surface area contributed by atoms with Gasteiger partial charge in [-0.05, 0) is 51.5 Å². The van der Waals surface area contributed by atoms with Crippen LogP contribution < -0.4 is 9.64 Å². The highest BCUT2D eigenvalue weighted by Crippen LogP contribution is 2.42. The molecule has 3 aliphatic rings. The summed E-state index contributed by atoms with van der Waals surface area (Å²) in [5.41, 5.74) is -0.0420. The second-order valence-corrected chi connectivity index (χ2v) is 9.74. The van der Waals surface area contributed by atoms with Crippen molar-refractivity contribution in [3.05, 3.63) is 17.2 Å². The summed E-state index contributed by atoms with van der Waals surface area (Å²) < 4.78 is 21.1. The number of aliphatic hydroxyl groups excluding tert-OH is 1. The highest BCUT2D eigenvalue weighted by Gasteiger charge is 2.49. The number of nitriles is 1. The van der Waals surface area contributed by atoms with Gasteiger partial charge in [0.2, 0.25) is 0 Å². The molecule has 0 saturated carbocycles. The number of fused-ring (bicyclic) bond motifs is 2. The van der Waals surface area contributed by atoms with Crippen LogP contribution in [0.15, 0.2) is 6.20 Å². The lowest BCUT2D eigenvalue weighted by atomic mass is 9.95. The second-order valence-electron chi connectivity index (χ2n) is 9.38. The van der Waals surface area contributed by atoms with Gasteiger partial charge in [-0.25, -0.2) is 9.37 Å². The minimum atomic E-state index is -0.686. The zero-order valence-electron chi connectivity index (χ0n) is 18.5. The van der Waals surface area contributed by atoms with Crippen molar-refractivity contribution in [2.45, 2.75) is 56.5 Å². The Kier molecular flexibility index (Phi) is 6.25. The van der Waals surface area contributed by atoms with Gasteiger partial charge in [-0.15, -0.1) is 0 Å². The van der Waals surface area contributed by atoms with Crippen molar-refractivity contribution in [1.82, 2.24) is 19.9 Å². The predicted molar refractivity (Wildman–Crippen MR) is 122 cm³/mol. The number of hydrogen-bond acceptors (Lipinski definition) is 8. The summed E-state index contributed by atoms with van der Waals surface area (Å²) in [5.74, 6) is -0.108. The van der Waals surface area contributed by atoms with Crippen LogP contribution in [0.5, 0.6) is 6.01 Å². The van der Waals surface area contributed by atoms with Gasteiger partial charge < -0.3 is 14.7 Å². The first kappa shape index (κ1) is 22.5. The van der Waals surface area contributed by atoms with Crippen LogP contribution in [0.3, 0.4) is 0 Å². The summed E-state index contributed by atoms with van der Waals surface area (Å²) in [5, 5.41) is 19.3. The molecular formula is C23H28ClFN6O2. The maximum Gasteiger partial charge on any atom is 0.319 e. The van der Waals surface area contributed by atoms with Crippen molar-refractivity contribution in [3.63, 3.8) is 0 Å². The van der Waals surface area contributed by atoms with Crippen LogP contribution >= 0.6 is 11.6 Å². The van der Waals surface area contributed by atoms with E-state index in [1.165, 1.54) is 6.20 Å². The number of hydrogen-bond donors (Lipinski definition) is 1. The van der Waals surface area contributed by atoms with E-state index in [9.17, 15) is 14.8 Å². The van der Waals surface area contributed by atoms with Crippen molar-refractivity contribution in [2.75, 3.05) is 37.7 Å². The Labute approximate surface area is 197 Å². The largest absolute Gasteiger partial charge is 0.461 e. The third-order valence-corrected chi connectivity index (χ3v) is 7.79. The number of nitrogens with zero attached hydrogens (tertiary/aromatic N) is 6. The molecule has 0 spiro atoms. The molecule has 1 unspecified atom stereocenters. The van der Waals surface area contributed by atoms with Crippen molar-refractivity contribution in [2.24, 2.45) is 5.92 Å². The molecular weight excluding hydrogens is 447 g/mol. The molecule has 3 saturated heterocycles. The van der Waals surface area contributed by atoms with Crippen LogP contribution in [0, 0.1) is 23.1 Å². The summed E-state index contributed by atoms with van der Waals surface area (Å²) in [6.07, 6.45) is 7.86. The molecule has 0 amide bonds. The highest BCUT2D eigenvalue weighted by molar-refractivity contribution is 6.30. The van der Waals surface area contributed by atoms with Gasteiger partial charge in [0.15, 0.2) is 11.0 Å². The van der Waals surface area contributed by atoms with Crippen molar-refractivity contribution in [1.29, 1.82) is 5.26 Å². The molecule has 3 atom stereocenters. The van der Waals surface area contributed by atoms with Crippen LogP contribution in [-0.2, 0) is 0 Å². The van der Waals surface area contributed by atoms with E-state index in [2.05, 4.69) is 25.8 Å². The van der Waals surface area contributed by atoms with Crippen molar-refractivity contribution in [3.8, 4) is 12.1 Å². The number of aliphatic hydroxyl groups is 1. The molecule has 10 heteroatoms. The first-order valence-corrected chi connectivity index (χ1v) is 12.1. The second kappa shape index (κ2) is 9.16. The summed E-state index contributed by atoms with van der Waals surface area (Å²) in [4.78, 5) is 17.5. The van der Waals surface area contributed by atoms with Gasteiger partial charge >= 0.3 is 6.01 Å². The normalized spacial score (nSPS) is 28.0. The highest BCUT2D eigenvalue weighted by atomic mass is 35.5. The van der Waals surface area contributed by atoms with E-state index in [0.29, 0.717) is 30.9 Å². The summed E-state index contributed by atoms with van der Waals surface area (Å²) in [6, 6.07) is 2.65. The average molecular weight is 475 g/mol. The van der Waals surface area contributed by atoms with E-state index in [4.69, 9.17) is 21.3 Å². The number of aromatic nitrogens is 3.